The molecule has 0 aliphatic carbocycles. The van der Waals surface area contributed by atoms with Crippen LogP contribution in [0.4, 0.5) is 10.1 Å². The third-order valence-electron chi connectivity index (χ3n) is 4.81. The summed E-state index contributed by atoms with van der Waals surface area (Å²) in [6, 6.07) is 9.96. The van der Waals surface area contributed by atoms with Crippen LogP contribution in [-0.2, 0) is 10.0 Å². The summed E-state index contributed by atoms with van der Waals surface area (Å²) < 4.78 is 41.4. The first-order valence-corrected chi connectivity index (χ1v) is 10.4. The number of likely N-dealkylation sites (tertiary alicyclic amines) is 1. The zero-order valence-corrected chi connectivity index (χ0v) is 16.2. The molecule has 0 aromatic heterocycles. The Kier molecular flexibility index (Phi) is 5.51. The van der Waals surface area contributed by atoms with Gasteiger partial charge in [0.1, 0.15) is 5.82 Å². The summed E-state index contributed by atoms with van der Waals surface area (Å²) in [4.78, 5) is 14.6. The number of anilines is 1. The highest BCUT2D eigenvalue weighted by atomic mass is 32.2. The van der Waals surface area contributed by atoms with E-state index in [1.807, 2.05) is 0 Å². The van der Waals surface area contributed by atoms with Crippen molar-refractivity contribution in [3.8, 4) is 0 Å². The molecule has 1 aliphatic heterocycles. The standard InChI is InChI=1S/C20H23FN2O3S/c1-14-6-5-11-23(13-14)20(24)17-12-16(10-9-15(17)2)27(25,26)22-19-8-4-3-7-18(19)21/h3-4,7-10,12,14,22H,5-6,11,13H2,1-2H3/t14-/m0/s1. The smallest absolute Gasteiger partial charge is 0.262 e. The van der Waals surface area contributed by atoms with Crippen LogP contribution in [0.5, 0.6) is 0 Å². The molecular formula is C20H23FN2O3S. The molecule has 1 N–H and O–H groups in total. The third kappa shape index (κ3) is 4.30. The maximum atomic E-state index is 13.8. The van der Waals surface area contributed by atoms with Crippen LogP contribution >= 0.6 is 0 Å². The zero-order valence-electron chi connectivity index (χ0n) is 15.4. The number of benzene rings is 2. The first kappa shape index (κ1) is 19.4. The second-order valence-corrected chi connectivity index (χ2v) is 8.74. The lowest BCUT2D eigenvalue weighted by Gasteiger charge is -2.31. The maximum Gasteiger partial charge on any atom is 0.262 e. The average Bonchev–Trinajstić information content (AvgIpc) is 2.63. The van der Waals surface area contributed by atoms with E-state index in [1.165, 1.54) is 30.3 Å². The van der Waals surface area contributed by atoms with Gasteiger partial charge >= 0.3 is 0 Å². The van der Waals surface area contributed by atoms with Crippen molar-refractivity contribution in [2.75, 3.05) is 17.8 Å². The highest BCUT2D eigenvalue weighted by Crippen LogP contribution is 2.24. The molecule has 0 radical (unpaired) electrons. The minimum atomic E-state index is -4.01. The Labute approximate surface area is 159 Å². The Hall–Kier alpha value is -2.41. The van der Waals surface area contributed by atoms with Gasteiger partial charge in [0.15, 0.2) is 0 Å². The van der Waals surface area contributed by atoms with Gasteiger partial charge in [-0.15, -0.1) is 0 Å². The second-order valence-electron chi connectivity index (χ2n) is 7.06. The van der Waals surface area contributed by atoms with E-state index in [9.17, 15) is 17.6 Å². The fraction of sp³-hybridized carbons (Fsp3) is 0.350. The van der Waals surface area contributed by atoms with E-state index in [1.54, 1.807) is 24.0 Å². The van der Waals surface area contributed by atoms with Crippen molar-refractivity contribution < 1.29 is 17.6 Å². The summed E-state index contributed by atoms with van der Waals surface area (Å²) in [5.74, 6) is -0.397. The molecular weight excluding hydrogens is 367 g/mol. The van der Waals surface area contributed by atoms with Gasteiger partial charge in [0, 0.05) is 18.7 Å². The van der Waals surface area contributed by atoms with Crippen LogP contribution in [0.25, 0.3) is 0 Å². The van der Waals surface area contributed by atoms with Crippen LogP contribution in [0.1, 0.15) is 35.7 Å². The van der Waals surface area contributed by atoms with Gasteiger partial charge in [-0.3, -0.25) is 9.52 Å². The van der Waals surface area contributed by atoms with Crippen LogP contribution in [0.15, 0.2) is 47.4 Å². The summed E-state index contributed by atoms with van der Waals surface area (Å²) in [7, 11) is -4.01. The molecule has 0 spiro atoms. The number of carbonyl (C=O) groups excluding carboxylic acids is 1. The monoisotopic (exact) mass is 390 g/mol. The molecule has 1 amide bonds. The largest absolute Gasteiger partial charge is 0.338 e. The van der Waals surface area contributed by atoms with Crippen molar-refractivity contribution in [3.05, 3.63) is 59.4 Å². The Balaban J connectivity index is 1.90. The molecule has 0 saturated carbocycles. The topological polar surface area (TPSA) is 66.5 Å². The number of aryl methyl sites for hydroxylation is 1. The number of halogens is 1. The van der Waals surface area contributed by atoms with Crippen molar-refractivity contribution >= 4 is 21.6 Å². The highest BCUT2D eigenvalue weighted by molar-refractivity contribution is 7.92. The van der Waals surface area contributed by atoms with Gasteiger partial charge in [-0.05, 0) is 55.5 Å². The number of para-hydroxylation sites is 1. The number of nitrogens with one attached hydrogen (secondary N) is 1. The summed E-state index contributed by atoms with van der Waals surface area (Å²) in [6.07, 6.45) is 2.03. The molecule has 0 unspecified atom stereocenters. The van der Waals surface area contributed by atoms with Crippen LogP contribution in [0, 0.1) is 18.7 Å². The average molecular weight is 390 g/mol. The number of piperidine rings is 1. The van der Waals surface area contributed by atoms with Crippen LogP contribution in [0.3, 0.4) is 0 Å². The number of amides is 1. The molecule has 144 valence electrons. The molecule has 1 heterocycles. The van der Waals surface area contributed by atoms with Crippen molar-refractivity contribution in [2.24, 2.45) is 5.92 Å². The number of carbonyl (C=O) groups is 1. The number of rotatable bonds is 4. The molecule has 5 nitrogen and oxygen atoms in total. The Morgan fingerprint density at radius 3 is 2.67 bits per heavy atom. The highest BCUT2D eigenvalue weighted by Gasteiger charge is 2.25. The lowest BCUT2D eigenvalue weighted by molar-refractivity contribution is 0.0682. The van der Waals surface area contributed by atoms with E-state index in [0.717, 1.165) is 12.8 Å². The molecule has 1 saturated heterocycles. The molecule has 1 fully saturated rings. The molecule has 3 rings (SSSR count). The normalized spacial score (nSPS) is 17.6. The van der Waals surface area contributed by atoms with Gasteiger partial charge in [0.25, 0.3) is 15.9 Å². The zero-order chi connectivity index (χ0) is 19.6. The quantitative estimate of drug-likeness (QED) is 0.863. The first-order valence-electron chi connectivity index (χ1n) is 8.95. The van der Waals surface area contributed by atoms with Gasteiger partial charge in [-0.25, -0.2) is 12.8 Å². The van der Waals surface area contributed by atoms with Crippen molar-refractivity contribution in [2.45, 2.75) is 31.6 Å². The molecule has 0 bridgehead atoms. The lowest BCUT2D eigenvalue weighted by atomic mass is 9.99. The predicted octanol–water partition coefficient (Wildman–Crippen LogP) is 3.81. The molecule has 7 heteroatoms. The molecule has 2 aromatic rings. The predicted molar refractivity (Wildman–Crippen MR) is 103 cm³/mol. The number of sulfonamides is 1. The van der Waals surface area contributed by atoms with E-state index in [4.69, 9.17) is 0 Å². The van der Waals surface area contributed by atoms with Gasteiger partial charge in [0.2, 0.25) is 0 Å². The maximum absolute atomic E-state index is 13.8. The fourth-order valence-corrected chi connectivity index (χ4v) is 4.38. The van der Waals surface area contributed by atoms with Gasteiger partial charge in [-0.2, -0.15) is 0 Å². The van der Waals surface area contributed by atoms with E-state index >= 15 is 0 Å². The molecule has 1 aliphatic rings. The van der Waals surface area contributed by atoms with Gasteiger partial charge in [-0.1, -0.05) is 25.1 Å². The SMILES string of the molecule is Cc1ccc(S(=O)(=O)Nc2ccccc2F)cc1C(=O)N1CCC[C@H](C)C1. The third-order valence-corrected chi connectivity index (χ3v) is 6.18. The van der Waals surface area contributed by atoms with Crippen LogP contribution in [0.2, 0.25) is 0 Å². The number of hydrogen-bond donors (Lipinski definition) is 1. The number of hydrogen-bond acceptors (Lipinski definition) is 3. The summed E-state index contributed by atoms with van der Waals surface area (Å²) in [6.45, 7) is 5.22. The first-order chi connectivity index (χ1) is 12.8. The summed E-state index contributed by atoms with van der Waals surface area (Å²) in [5.41, 5.74) is 0.944. The molecule has 2 aromatic carbocycles. The van der Waals surface area contributed by atoms with Crippen molar-refractivity contribution in [1.29, 1.82) is 0 Å². The van der Waals surface area contributed by atoms with Gasteiger partial charge in [0.05, 0.1) is 10.6 Å². The van der Waals surface area contributed by atoms with Crippen molar-refractivity contribution in [1.82, 2.24) is 4.90 Å². The fourth-order valence-electron chi connectivity index (χ4n) is 3.29. The summed E-state index contributed by atoms with van der Waals surface area (Å²) in [5, 5.41) is 0. The molecule has 27 heavy (non-hydrogen) atoms. The van der Waals surface area contributed by atoms with E-state index in [2.05, 4.69) is 11.6 Å². The second kappa shape index (κ2) is 7.68. The van der Waals surface area contributed by atoms with E-state index in [0.29, 0.717) is 30.1 Å². The van der Waals surface area contributed by atoms with E-state index < -0.39 is 15.8 Å². The minimum Gasteiger partial charge on any atom is -0.338 e. The Bertz CT molecular complexity index is 959. The van der Waals surface area contributed by atoms with Crippen LogP contribution < -0.4 is 4.72 Å². The minimum absolute atomic E-state index is 0.0650. The Morgan fingerprint density at radius 2 is 1.96 bits per heavy atom. The van der Waals surface area contributed by atoms with Gasteiger partial charge < -0.3 is 4.90 Å². The van der Waals surface area contributed by atoms with Crippen LogP contribution in [-0.4, -0.2) is 32.3 Å². The van der Waals surface area contributed by atoms with E-state index in [-0.39, 0.29) is 16.5 Å². The lowest BCUT2D eigenvalue weighted by Crippen LogP contribution is -2.39. The van der Waals surface area contributed by atoms with Crippen molar-refractivity contribution in [3.63, 3.8) is 0 Å². The Morgan fingerprint density at radius 1 is 1.22 bits per heavy atom. The number of nitrogens with zero attached hydrogens (tertiary/aromatic N) is 1. The summed E-state index contributed by atoms with van der Waals surface area (Å²) >= 11 is 0. The molecule has 1 atom stereocenters.